The minimum Gasteiger partial charge on any atom is -0.379 e. The van der Waals surface area contributed by atoms with Gasteiger partial charge in [-0.15, -0.1) is 0 Å². The second-order valence-electron chi connectivity index (χ2n) is 7.54. The molecule has 2 aliphatic heterocycles. The van der Waals surface area contributed by atoms with Crippen molar-refractivity contribution in [1.29, 1.82) is 0 Å². The summed E-state index contributed by atoms with van der Waals surface area (Å²) in [5.74, 6) is -0.160. The summed E-state index contributed by atoms with van der Waals surface area (Å²) in [6, 6.07) is 7.21. The molecule has 1 saturated heterocycles. The van der Waals surface area contributed by atoms with Gasteiger partial charge in [-0.1, -0.05) is 18.6 Å². The van der Waals surface area contributed by atoms with Crippen molar-refractivity contribution in [1.82, 2.24) is 4.90 Å². The normalized spacial score (nSPS) is 24.0. The molecular weight excluding hydrogens is 318 g/mol. The Hall–Kier alpha value is -1.92. The van der Waals surface area contributed by atoms with Gasteiger partial charge in [0.25, 0.3) is 0 Å². The van der Waals surface area contributed by atoms with Gasteiger partial charge in [-0.05, 0) is 31.9 Å². The van der Waals surface area contributed by atoms with Gasteiger partial charge in [0.05, 0.1) is 30.6 Å². The fraction of sp³-hybridized carbons (Fsp3) is 0.579. The van der Waals surface area contributed by atoms with Gasteiger partial charge in [0.2, 0.25) is 11.8 Å². The molecule has 1 saturated carbocycles. The van der Waals surface area contributed by atoms with Gasteiger partial charge in [0.1, 0.15) is 6.54 Å². The van der Waals surface area contributed by atoms with Crippen LogP contribution in [-0.4, -0.2) is 55.6 Å². The number of nitrogens with zero attached hydrogens (tertiary/aromatic N) is 2. The first kappa shape index (κ1) is 16.5. The van der Waals surface area contributed by atoms with E-state index in [0.29, 0.717) is 12.3 Å². The number of fused-ring (bicyclic) bond motifs is 1. The zero-order valence-corrected chi connectivity index (χ0v) is 14.7. The lowest BCUT2D eigenvalue weighted by atomic mass is 9.69. The minimum atomic E-state index is -0.266. The highest BCUT2D eigenvalue weighted by molar-refractivity contribution is 6.11. The summed E-state index contributed by atoms with van der Waals surface area (Å²) in [6.07, 6.45) is 3.61. The summed E-state index contributed by atoms with van der Waals surface area (Å²) in [5, 5.41) is 2.84. The first-order valence-electron chi connectivity index (χ1n) is 9.10. The molecule has 0 aromatic heterocycles. The van der Waals surface area contributed by atoms with Crippen molar-refractivity contribution < 1.29 is 14.3 Å². The maximum absolute atomic E-state index is 13.2. The van der Waals surface area contributed by atoms with Crippen LogP contribution in [0.5, 0.6) is 0 Å². The summed E-state index contributed by atoms with van der Waals surface area (Å²) in [4.78, 5) is 29.1. The minimum absolute atomic E-state index is 0.0151. The maximum atomic E-state index is 13.2. The third-order valence-electron chi connectivity index (χ3n) is 5.83. The molecule has 3 aliphatic rings. The molecule has 6 nitrogen and oxygen atoms in total. The highest BCUT2D eigenvalue weighted by atomic mass is 16.5. The number of ether oxygens (including phenoxy) is 1. The van der Waals surface area contributed by atoms with E-state index >= 15 is 0 Å². The molecule has 2 amide bonds. The Morgan fingerprint density at radius 1 is 1.32 bits per heavy atom. The smallest absolute Gasteiger partial charge is 0.244 e. The van der Waals surface area contributed by atoms with Crippen LogP contribution in [0, 0.1) is 5.41 Å². The second kappa shape index (κ2) is 6.42. The van der Waals surface area contributed by atoms with Crippen molar-refractivity contribution in [3.8, 4) is 0 Å². The Labute approximate surface area is 148 Å². The number of carbonyl (C=O) groups excluding carboxylic acids is 2. The number of hydrogen-bond donors (Lipinski definition) is 1. The Morgan fingerprint density at radius 3 is 2.88 bits per heavy atom. The van der Waals surface area contributed by atoms with Crippen molar-refractivity contribution in [2.45, 2.75) is 32.2 Å². The van der Waals surface area contributed by atoms with Crippen molar-refractivity contribution in [3.05, 3.63) is 24.3 Å². The summed E-state index contributed by atoms with van der Waals surface area (Å²) in [7, 11) is 0. The molecule has 1 unspecified atom stereocenters. The molecule has 25 heavy (non-hydrogen) atoms. The maximum Gasteiger partial charge on any atom is 0.244 e. The van der Waals surface area contributed by atoms with Crippen molar-refractivity contribution >= 4 is 23.2 Å². The van der Waals surface area contributed by atoms with Crippen molar-refractivity contribution in [2.24, 2.45) is 5.41 Å². The van der Waals surface area contributed by atoms with E-state index in [1.807, 2.05) is 31.2 Å². The van der Waals surface area contributed by atoms with E-state index in [2.05, 4.69) is 10.2 Å². The Kier molecular flexibility index (Phi) is 4.25. The van der Waals surface area contributed by atoms with Crippen LogP contribution in [0.3, 0.4) is 0 Å². The molecule has 1 atom stereocenters. The Morgan fingerprint density at radius 2 is 2.12 bits per heavy atom. The number of hydrogen-bond acceptors (Lipinski definition) is 4. The SMILES string of the molecule is CC(C(=O)N1CC(=O)Nc2ccccc21)N1CCOCC2(CCC2)C1. The number of para-hydroxylation sites is 2. The predicted octanol–water partition coefficient (Wildman–Crippen LogP) is 1.86. The predicted molar refractivity (Wildman–Crippen MR) is 95.6 cm³/mol. The molecule has 2 fully saturated rings. The number of amides is 2. The summed E-state index contributed by atoms with van der Waals surface area (Å²) in [6.45, 7) is 5.17. The van der Waals surface area contributed by atoms with E-state index in [1.165, 1.54) is 19.3 Å². The number of rotatable bonds is 2. The molecule has 1 aromatic rings. The average molecular weight is 343 g/mol. The number of nitrogens with one attached hydrogen (secondary N) is 1. The zero-order chi connectivity index (χ0) is 17.4. The molecule has 134 valence electrons. The van der Waals surface area contributed by atoms with Gasteiger partial charge in [-0.25, -0.2) is 0 Å². The molecule has 0 bridgehead atoms. The van der Waals surface area contributed by atoms with E-state index in [4.69, 9.17) is 4.74 Å². The molecular formula is C19H25N3O3. The standard InChI is InChI=1S/C19H25N3O3/c1-14(21-9-10-25-13-19(12-21)7-4-8-19)18(24)22-11-17(23)20-15-5-2-3-6-16(15)22/h2-3,5-6,14H,4,7-13H2,1H3,(H,20,23). The zero-order valence-electron chi connectivity index (χ0n) is 14.7. The van der Waals surface area contributed by atoms with Crippen molar-refractivity contribution in [2.75, 3.05) is 43.1 Å². The Bertz CT molecular complexity index is 686. The highest BCUT2D eigenvalue weighted by Gasteiger charge is 2.42. The van der Waals surface area contributed by atoms with Gasteiger partial charge in [-0.3, -0.25) is 19.4 Å². The molecule has 2 heterocycles. The summed E-state index contributed by atoms with van der Waals surface area (Å²) in [5.41, 5.74) is 1.71. The first-order valence-corrected chi connectivity index (χ1v) is 9.10. The third-order valence-corrected chi connectivity index (χ3v) is 5.83. The third kappa shape index (κ3) is 3.04. The first-order chi connectivity index (χ1) is 12.1. The monoisotopic (exact) mass is 343 g/mol. The van der Waals surface area contributed by atoms with Crippen LogP contribution in [0.25, 0.3) is 0 Å². The van der Waals surface area contributed by atoms with E-state index in [1.54, 1.807) is 4.90 Å². The van der Waals surface area contributed by atoms with Gasteiger partial charge in [-0.2, -0.15) is 0 Å². The average Bonchev–Trinajstić information content (AvgIpc) is 2.83. The molecule has 1 N–H and O–H groups in total. The summed E-state index contributed by atoms with van der Waals surface area (Å²) >= 11 is 0. The summed E-state index contributed by atoms with van der Waals surface area (Å²) < 4.78 is 5.80. The van der Waals surface area contributed by atoms with E-state index in [-0.39, 0.29) is 29.8 Å². The lowest BCUT2D eigenvalue weighted by molar-refractivity contribution is -0.126. The van der Waals surface area contributed by atoms with E-state index < -0.39 is 0 Å². The van der Waals surface area contributed by atoms with Gasteiger partial charge in [0.15, 0.2) is 0 Å². The lowest BCUT2D eigenvalue weighted by Gasteiger charge is -2.44. The van der Waals surface area contributed by atoms with Crippen LogP contribution in [0.1, 0.15) is 26.2 Å². The van der Waals surface area contributed by atoms with Crippen LogP contribution in [0.15, 0.2) is 24.3 Å². The van der Waals surface area contributed by atoms with Crippen molar-refractivity contribution in [3.63, 3.8) is 0 Å². The second-order valence-corrected chi connectivity index (χ2v) is 7.54. The van der Waals surface area contributed by atoms with E-state index in [0.717, 1.165) is 25.4 Å². The highest BCUT2D eigenvalue weighted by Crippen LogP contribution is 2.43. The van der Waals surface area contributed by atoms with Gasteiger partial charge >= 0.3 is 0 Å². The van der Waals surface area contributed by atoms with Crippen LogP contribution < -0.4 is 10.2 Å². The van der Waals surface area contributed by atoms with Gasteiger partial charge < -0.3 is 10.1 Å². The van der Waals surface area contributed by atoms with Crippen LogP contribution >= 0.6 is 0 Å². The molecule has 0 radical (unpaired) electrons. The fourth-order valence-electron chi connectivity index (χ4n) is 4.15. The molecule has 1 aromatic carbocycles. The van der Waals surface area contributed by atoms with Crippen LogP contribution in [0.2, 0.25) is 0 Å². The van der Waals surface area contributed by atoms with Gasteiger partial charge in [0, 0.05) is 18.5 Å². The number of benzene rings is 1. The van der Waals surface area contributed by atoms with Crippen LogP contribution in [0.4, 0.5) is 11.4 Å². The molecule has 1 aliphatic carbocycles. The topological polar surface area (TPSA) is 61.9 Å². The molecule has 6 heteroatoms. The Balaban J connectivity index is 1.55. The largest absolute Gasteiger partial charge is 0.379 e. The molecule has 1 spiro atoms. The van der Waals surface area contributed by atoms with E-state index in [9.17, 15) is 9.59 Å². The number of anilines is 2. The quantitative estimate of drug-likeness (QED) is 0.890. The molecule has 4 rings (SSSR count). The lowest BCUT2D eigenvalue weighted by Crippen LogP contribution is -2.54. The fourth-order valence-corrected chi connectivity index (χ4v) is 4.15. The van der Waals surface area contributed by atoms with Crippen LogP contribution in [-0.2, 0) is 14.3 Å². The number of carbonyl (C=O) groups is 2.